The van der Waals surface area contributed by atoms with Crippen LogP contribution >= 0.6 is 0 Å². The number of fused-ring (bicyclic) bond motifs is 1. The monoisotopic (exact) mass is 462 g/mol. The smallest absolute Gasteiger partial charge is 0.263 e. The van der Waals surface area contributed by atoms with Crippen LogP contribution in [0.1, 0.15) is 23.6 Å². The highest BCUT2D eigenvalue weighted by Gasteiger charge is 2.27. The largest absolute Gasteiger partial charge is 0.497 e. The van der Waals surface area contributed by atoms with Gasteiger partial charge in [-0.25, -0.2) is 4.39 Å². The van der Waals surface area contributed by atoms with E-state index in [1.165, 1.54) is 12.1 Å². The molecule has 0 spiro atoms. The number of nitrogens with zero attached hydrogens (tertiary/aromatic N) is 1. The highest BCUT2D eigenvalue weighted by atomic mass is 19.1. The molecule has 1 N–H and O–H groups in total. The molecule has 34 heavy (non-hydrogen) atoms. The van der Waals surface area contributed by atoms with Crippen molar-refractivity contribution in [1.29, 1.82) is 0 Å². The number of ether oxygens (including phenoxy) is 2. The predicted molar refractivity (Wildman–Crippen MR) is 127 cm³/mol. The van der Waals surface area contributed by atoms with Gasteiger partial charge in [0.05, 0.1) is 13.5 Å². The summed E-state index contributed by atoms with van der Waals surface area (Å²) in [7, 11) is 1.60. The van der Waals surface area contributed by atoms with Gasteiger partial charge in [-0.05, 0) is 66.9 Å². The highest BCUT2D eigenvalue weighted by Crippen LogP contribution is 2.29. The number of anilines is 1. The summed E-state index contributed by atoms with van der Waals surface area (Å²) in [5, 5.41) is 2.93. The van der Waals surface area contributed by atoms with Gasteiger partial charge in [0, 0.05) is 24.3 Å². The Balaban J connectivity index is 1.44. The molecular formula is C27H27FN2O4. The Morgan fingerprint density at radius 3 is 2.50 bits per heavy atom. The van der Waals surface area contributed by atoms with Gasteiger partial charge in [-0.2, -0.15) is 0 Å². The Labute approximate surface area is 198 Å². The first-order valence-corrected chi connectivity index (χ1v) is 11.2. The molecule has 0 aromatic heterocycles. The van der Waals surface area contributed by atoms with Crippen LogP contribution < -0.4 is 14.8 Å². The molecule has 1 unspecified atom stereocenters. The van der Waals surface area contributed by atoms with Crippen molar-refractivity contribution >= 4 is 17.5 Å². The number of hydrogen-bond donors (Lipinski definition) is 1. The lowest BCUT2D eigenvalue weighted by Gasteiger charge is -2.22. The Bertz CT molecular complexity index is 1160. The topological polar surface area (TPSA) is 67.9 Å². The van der Waals surface area contributed by atoms with Crippen molar-refractivity contribution < 1.29 is 23.5 Å². The van der Waals surface area contributed by atoms with Crippen molar-refractivity contribution in [1.82, 2.24) is 4.90 Å². The van der Waals surface area contributed by atoms with Crippen LogP contribution in [0.3, 0.4) is 0 Å². The SMILES string of the molecule is COc1ccc(CC(=O)Nc2ccc3c(c2)CN(CCc2ccc(F)cc2)C(=O)C(C)O3)cc1. The number of benzene rings is 3. The van der Waals surface area contributed by atoms with E-state index in [-0.39, 0.29) is 24.1 Å². The summed E-state index contributed by atoms with van der Waals surface area (Å²) in [5.41, 5.74) is 3.29. The van der Waals surface area contributed by atoms with E-state index in [2.05, 4.69) is 5.32 Å². The van der Waals surface area contributed by atoms with E-state index < -0.39 is 6.10 Å². The first kappa shape index (κ1) is 23.3. The van der Waals surface area contributed by atoms with Gasteiger partial charge >= 0.3 is 0 Å². The van der Waals surface area contributed by atoms with Crippen molar-refractivity contribution in [3.05, 3.63) is 89.2 Å². The molecule has 0 saturated heterocycles. The Hall–Kier alpha value is -3.87. The summed E-state index contributed by atoms with van der Waals surface area (Å²) in [6, 6.07) is 19.0. The minimum absolute atomic E-state index is 0.108. The quantitative estimate of drug-likeness (QED) is 0.566. The zero-order valence-electron chi connectivity index (χ0n) is 19.2. The number of amides is 2. The molecule has 1 aliphatic rings. The maximum absolute atomic E-state index is 13.2. The molecule has 1 aliphatic heterocycles. The second-order valence-corrected chi connectivity index (χ2v) is 8.29. The number of methoxy groups -OCH3 is 1. The van der Waals surface area contributed by atoms with Crippen LogP contribution in [0.25, 0.3) is 0 Å². The highest BCUT2D eigenvalue weighted by molar-refractivity contribution is 5.92. The summed E-state index contributed by atoms with van der Waals surface area (Å²) >= 11 is 0. The van der Waals surface area contributed by atoms with Gasteiger partial charge in [0.1, 0.15) is 17.3 Å². The van der Waals surface area contributed by atoms with Crippen LogP contribution in [-0.2, 0) is 29.0 Å². The van der Waals surface area contributed by atoms with Gasteiger partial charge in [0.15, 0.2) is 6.10 Å². The van der Waals surface area contributed by atoms with Gasteiger partial charge in [0.2, 0.25) is 5.91 Å². The lowest BCUT2D eigenvalue weighted by Crippen LogP contribution is -2.39. The molecule has 1 atom stereocenters. The average molecular weight is 463 g/mol. The molecule has 4 rings (SSSR count). The van der Waals surface area contributed by atoms with Crippen molar-refractivity contribution in [3.8, 4) is 11.5 Å². The van der Waals surface area contributed by atoms with Crippen molar-refractivity contribution in [2.75, 3.05) is 19.0 Å². The number of nitrogens with one attached hydrogen (secondary N) is 1. The molecule has 0 bridgehead atoms. The second kappa shape index (κ2) is 10.4. The molecule has 0 aliphatic carbocycles. The molecule has 7 heteroatoms. The van der Waals surface area contributed by atoms with Crippen LogP contribution in [0, 0.1) is 5.82 Å². The second-order valence-electron chi connectivity index (χ2n) is 8.29. The van der Waals surface area contributed by atoms with Crippen LogP contribution in [0.2, 0.25) is 0 Å². The summed E-state index contributed by atoms with van der Waals surface area (Å²) in [6.07, 6.45) is 0.216. The lowest BCUT2D eigenvalue weighted by atomic mass is 10.1. The molecule has 1 heterocycles. The average Bonchev–Trinajstić information content (AvgIpc) is 2.95. The minimum atomic E-state index is -0.620. The van der Waals surface area contributed by atoms with Gasteiger partial charge in [-0.15, -0.1) is 0 Å². The number of carbonyl (C=O) groups is 2. The maximum Gasteiger partial charge on any atom is 0.263 e. The summed E-state index contributed by atoms with van der Waals surface area (Å²) in [4.78, 5) is 27.2. The molecule has 2 amide bonds. The van der Waals surface area contributed by atoms with Crippen LogP contribution in [0.5, 0.6) is 11.5 Å². The van der Waals surface area contributed by atoms with Gasteiger partial charge in [-0.3, -0.25) is 9.59 Å². The fourth-order valence-electron chi connectivity index (χ4n) is 3.92. The van der Waals surface area contributed by atoms with E-state index in [0.29, 0.717) is 30.9 Å². The number of halogens is 1. The van der Waals surface area contributed by atoms with Crippen LogP contribution in [-0.4, -0.2) is 36.5 Å². The third kappa shape index (κ3) is 5.73. The zero-order valence-corrected chi connectivity index (χ0v) is 19.2. The predicted octanol–water partition coefficient (Wildman–Crippen LogP) is 4.37. The van der Waals surface area contributed by atoms with Gasteiger partial charge < -0.3 is 19.7 Å². The Kier molecular flexibility index (Phi) is 7.11. The van der Waals surface area contributed by atoms with E-state index in [1.54, 1.807) is 43.2 Å². The van der Waals surface area contributed by atoms with Crippen molar-refractivity contribution in [2.24, 2.45) is 0 Å². The minimum Gasteiger partial charge on any atom is -0.497 e. The molecule has 3 aromatic carbocycles. The van der Waals surface area contributed by atoms with Gasteiger partial charge in [0.25, 0.3) is 5.91 Å². The van der Waals surface area contributed by atoms with Crippen molar-refractivity contribution in [3.63, 3.8) is 0 Å². The van der Waals surface area contributed by atoms with Crippen LogP contribution in [0.15, 0.2) is 66.7 Å². The molecule has 0 fully saturated rings. The fraction of sp³-hybridized carbons (Fsp3) is 0.259. The molecule has 6 nitrogen and oxygen atoms in total. The Morgan fingerprint density at radius 1 is 1.09 bits per heavy atom. The van der Waals surface area contributed by atoms with E-state index >= 15 is 0 Å². The van der Waals surface area contributed by atoms with E-state index in [0.717, 1.165) is 22.4 Å². The molecule has 176 valence electrons. The molecular weight excluding hydrogens is 435 g/mol. The summed E-state index contributed by atoms with van der Waals surface area (Å²) < 4.78 is 24.2. The normalized spacial score (nSPS) is 15.2. The van der Waals surface area contributed by atoms with E-state index in [9.17, 15) is 14.0 Å². The standard InChI is InChI=1S/C27H27FN2O4/c1-18-27(32)30(14-13-19-3-7-22(28)8-4-19)17-21-16-23(9-12-25(21)34-18)29-26(31)15-20-5-10-24(33-2)11-6-20/h3-12,16,18H,13-15,17H2,1-2H3,(H,29,31). The van der Waals surface area contributed by atoms with Gasteiger partial charge in [-0.1, -0.05) is 24.3 Å². The number of hydrogen-bond acceptors (Lipinski definition) is 4. The third-order valence-corrected chi connectivity index (χ3v) is 5.78. The fourth-order valence-corrected chi connectivity index (χ4v) is 3.92. The van der Waals surface area contributed by atoms with E-state index in [1.807, 2.05) is 30.3 Å². The number of rotatable bonds is 7. The Morgan fingerprint density at radius 2 is 1.79 bits per heavy atom. The summed E-state index contributed by atoms with van der Waals surface area (Å²) in [6.45, 7) is 2.57. The van der Waals surface area contributed by atoms with E-state index in [4.69, 9.17) is 9.47 Å². The molecule has 0 radical (unpaired) electrons. The van der Waals surface area contributed by atoms with Crippen molar-refractivity contribution in [2.45, 2.75) is 32.4 Å². The number of carbonyl (C=O) groups excluding carboxylic acids is 2. The molecule has 3 aromatic rings. The zero-order chi connectivity index (χ0) is 24.1. The first-order valence-electron chi connectivity index (χ1n) is 11.2. The first-order chi connectivity index (χ1) is 16.4. The third-order valence-electron chi connectivity index (χ3n) is 5.78. The maximum atomic E-state index is 13.2. The lowest BCUT2D eigenvalue weighted by molar-refractivity contribution is -0.137. The molecule has 0 saturated carbocycles. The van der Waals surface area contributed by atoms with Crippen LogP contribution in [0.4, 0.5) is 10.1 Å². The summed E-state index contributed by atoms with van der Waals surface area (Å²) in [5.74, 6) is 0.828.